The van der Waals surface area contributed by atoms with Gasteiger partial charge < -0.3 is 11.5 Å². The van der Waals surface area contributed by atoms with Gasteiger partial charge in [0.1, 0.15) is 0 Å². The van der Waals surface area contributed by atoms with Crippen LogP contribution in [0.15, 0.2) is 30.5 Å². The summed E-state index contributed by atoms with van der Waals surface area (Å²) in [7, 11) is 0. The summed E-state index contributed by atoms with van der Waals surface area (Å²) < 4.78 is 0. The van der Waals surface area contributed by atoms with Crippen molar-refractivity contribution in [3.63, 3.8) is 0 Å². The molecule has 1 atom stereocenters. The van der Waals surface area contributed by atoms with E-state index in [4.69, 9.17) is 11.5 Å². The fourth-order valence-corrected chi connectivity index (χ4v) is 0.551. The zero-order chi connectivity index (χ0) is 7.82. The maximum absolute atomic E-state index is 5.60. The van der Waals surface area contributed by atoms with E-state index >= 15 is 0 Å². The van der Waals surface area contributed by atoms with Gasteiger partial charge in [-0.3, -0.25) is 0 Å². The van der Waals surface area contributed by atoms with Gasteiger partial charge in [-0.15, -0.1) is 5.73 Å². The molecule has 0 saturated carbocycles. The van der Waals surface area contributed by atoms with Crippen LogP contribution in [0.5, 0.6) is 0 Å². The molecule has 1 unspecified atom stereocenters. The standard InChI is InChI=1S/C8H14N2/c1-2-3-5-8(10)6-4-7-9/h3-4,6,8H,1,5,7,9-10H2/b6-4+. The molecule has 0 radical (unpaired) electrons. The normalized spacial score (nSPS) is 13.0. The Hall–Kier alpha value is -0.820. The molecule has 0 aliphatic heterocycles. The van der Waals surface area contributed by atoms with Gasteiger partial charge in [0.25, 0.3) is 0 Å². The Morgan fingerprint density at radius 3 is 2.80 bits per heavy atom. The van der Waals surface area contributed by atoms with Gasteiger partial charge in [-0.1, -0.05) is 18.7 Å². The van der Waals surface area contributed by atoms with Crippen molar-refractivity contribution in [1.29, 1.82) is 0 Å². The average molecular weight is 138 g/mol. The number of rotatable bonds is 4. The van der Waals surface area contributed by atoms with E-state index in [1.165, 1.54) is 0 Å². The summed E-state index contributed by atoms with van der Waals surface area (Å²) in [4.78, 5) is 0. The van der Waals surface area contributed by atoms with Gasteiger partial charge in [-0.2, -0.15) is 0 Å². The summed E-state index contributed by atoms with van der Waals surface area (Å²) in [6.07, 6.45) is 6.32. The largest absolute Gasteiger partial charge is 0.327 e. The molecule has 56 valence electrons. The minimum absolute atomic E-state index is 0.0535. The molecule has 0 aliphatic carbocycles. The molecule has 0 aromatic rings. The molecule has 0 spiro atoms. The van der Waals surface area contributed by atoms with Gasteiger partial charge >= 0.3 is 0 Å². The first-order chi connectivity index (χ1) is 4.81. The van der Waals surface area contributed by atoms with E-state index < -0.39 is 0 Å². The van der Waals surface area contributed by atoms with Crippen molar-refractivity contribution in [3.05, 3.63) is 30.5 Å². The minimum Gasteiger partial charge on any atom is -0.327 e. The molecule has 0 bridgehead atoms. The molecule has 0 aromatic carbocycles. The van der Waals surface area contributed by atoms with Crippen LogP contribution in [0.25, 0.3) is 0 Å². The maximum Gasteiger partial charge on any atom is 0.0265 e. The Bertz CT molecular complexity index is 143. The highest BCUT2D eigenvalue weighted by Gasteiger charge is 1.89. The fourth-order valence-electron chi connectivity index (χ4n) is 0.551. The third-order valence-electron chi connectivity index (χ3n) is 1.05. The zero-order valence-electron chi connectivity index (χ0n) is 6.09. The van der Waals surface area contributed by atoms with Crippen LogP contribution in [-0.2, 0) is 0 Å². The van der Waals surface area contributed by atoms with E-state index in [1.807, 2.05) is 18.2 Å². The quantitative estimate of drug-likeness (QED) is 0.440. The molecular formula is C8H14N2. The van der Waals surface area contributed by atoms with Crippen molar-refractivity contribution < 1.29 is 0 Å². The molecule has 0 heterocycles. The molecule has 0 aliphatic rings. The molecular weight excluding hydrogens is 124 g/mol. The predicted molar refractivity (Wildman–Crippen MR) is 44.5 cm³/mol. The van der Waals surface area contributed by atoms with E-state index in [0.29, 0.717) is 6.54 Å². The Morgan fingerprint density at radius 2 is 2.30 bits per heavy atom. The van der Waals surface area contributed by atoms with Crippen LogP contribution in [-0.4, -0.2) is 12.6 Å². The zero-order valence-corrected chi connectivity index (χ0v) is 6.09. The number of hydrogen-bond donors (Lipinski definition) is 2. The smallest absolute Gasteiger partial charge is 0.0265 e. The third kappa shape index (κ3) is 5.32. The molecule has 10 heavy (non-hydrogen) atoms. The van der Waals surface area contributed by atoms with Crippen molar-refractivity contribution in [3.8, 4) is 0 Å². The molecule has 0 rings (SSSR count). The van der Waals surface area contributed by atoms with Crippen molar-refractivity contribution >= 4 is 0 Å². The molecule has 4 N–H and O–H groups in total. The lowest BCUT2D eigenvalue weighted by atomic mass is 10.2. The summed E-state index contributed by atoms with van der Waals surface area (Å²) >= 11 is 0. The summed E-state index contributed by atoms with van der Waals surface area (Å²) in [5, 5.41) is 0. The van der Waals surface area contributed by atoms with Gasteiger partial charge in [0.2, 0.25) is 0 Å². The molecule has 0 aromatic heterocycles. The van der Waals surface area contributed by atoms with Crippen molar-refractivity contribution in [2.75, 3.05) is 6.54 Å². The number of nitrogens with two attached hydrogens (primary N) is 2. The fraction of sp³-hybridized carbons (Fsp3) is 0.375. The van der Waals surface area contributed by atoms with Gasteiger partial charge in [-0.25, -0.2) is 0 Å². The first-order valence-corrected chi connectivity index (χ1v) is 3.28. The van der Waals surface area contributed by atoms with Crippen molar-refractivity contribution in [2.45, 2.75) is 12.5 Å². The van der Waals surface area contributed by atoms with E-state index in [2.05, 4.69) is 12.3 Å². The second kappa shape index (κ2) is 6.30. The van der Waals surface area contributed by atoms with E-state index in [0.717, 1.165) is 6.42 Å². The van der Waals surface area contributed by atoms with Gasteiger partial charge in [0.05, 0.1) is 0 Å². The SMILES string of the molecule is C=C=CCC(N)/C=C/CN. The summed E-state index contributed by atoms with van der Waals surface area (Å²) in [6, 6.07) is 0.0535. The Morgan fingerprint density at radius 1 is 1.60 bits per heavy atom. The average Bonchev–Trinajstić information content (AvgIpc) is 1.97. The molecule has 0 fully saturated rings. The molecule has 2 heteroatoms. The maximum atomic E-state index is 5.60. The summed E-state index contributed by atoms with van der Waals surface area (Å²) in [5.41, 5.74) is 13.5. The monoisotopic (exact) mass is 138 g/mol. The first-order valence-electron chi connectivity index (χ1n) is 3.28. The lowest BCUT2D eigenvalue weighted by molar-refractivity contribution is 0.832. The van der Waals surface area contributed by atoms with Crippen LogP contribution in [0.2, 0.25) is 0 Å². The van der Waals surface area contributed by atoms with Gasteiger partial charge in [0.15, 0.2) is 0 Å². The van der Waals surface area contributed by atoms with Crippen molar-refractivity contribution in [1.82, 2.24) is 0 Å². The highest BCUT2D eigenvalue weighted by atomic mass is 14.6. The molecule has 2 nitrogen and oxygen atoms in total. The van der Waals surface area contributed by atoms with E-state index in [-0.39, 0.29) is 6.04 Å². The summed E-state index contributed by atoms with van der Waals surface area (Å²) in [5.74, 6) is 0. The molecule has 0 amide bonds. The van der Waals surface area contributed by atoms with Crippen LogP contribution < -0.4 is 11.5 Å². The van der Waals surface area contributed by atoms with E-state index in [1.54, 1.807) is 0 Å². The van der Waals surface area contributed by atoms with Crippen LogP contribution in [0.1, 0.15) is 6.42 Å². The lowest BCUT2D eigenvalue weighted by Gasteiger charge is -1.98. The van der Waals surface area contributed by atoms with Crippen LogP contribution in [0, 0.1) is 0 Å². The van der Waals surface area contributed by atoms with Crippen molar-refractivity contribution in [2.24, 2.45) is 11.5 Å². The highest BCUT2D eigenvalue weighted by Crippen LogP contribution is 1.89. The van der Waals surface area contributed by atoms with Gasteiger partial charge in [-0.05, 0) is 12.5 Å². The second-order valence-electron chi connectivity index (χ2n) is 1.97. The lowest BCUT2D eigenvalue weighted by Crippen LogP contribution is -2.15. The predicted octanol–water partition coefficient (Wildman–Crippen LogP) is 0.560. The minimum atomic E-state index is 0.0535. The van der Waals surface area contributed by atoms with Crippen LogP contribution >= 0.6 is 0 Å². The topological polar surface area (TPSA) is 52.0 Å². The summed E-state index contributed by atoms with van der Waals surface area (Å²) in [6.45, 7) is 3.98. The number of hydrogen-bond acceptors (Lipinski definition) is 2. The van der Waals surface area contributed by atoms with E-state index in [9.17, 15) is 0 Å². The highest BCUT2D eigenvalue weighted by molar-refractivity contribution is 4.95. The Kier molecular flexibility index (Phi) is 5.79. The van der Waals surface area contributed by atoms with Crippen LogP contribution in [0.3, 0.4) is 0 Å². The van der Waals surface area contributed by atoms with Crippen LogP contribution in [0.4, 0.5) is 0 Å². The molecule has 0 saturated heterocycles. The third-order valence-corrected chi connectivity index (χ3v) is 1.05. The first kappa shape index (κ1) is 9.18. The second-order valence-corrected chi connectivity index (χ2v) is 1.97. The van der Waals surface area contributed by atoms with Gasteiger partial charge in [0, 0.05) is 12.6 Å². The Labute approximate surface area is 61.9 Å². The Balaban J connectivity index is 3.52.